The van der Waals surface area contributed by atoms with Gasteiger partial charge in [-0.1, -0.05) is 6.07 Å². The minimum atomic E-state index is -0.677. The summed E-state index contributed by atoms with van der Waals surface area (Å²) in [4.78, 5) is 3.85. The molecular formula is C13H11F3N2. The number of nitrogens with zero attached hydrogens (tertiary/aromatic N) is 1. The maximum atomic E-state index is 13.4. The molecule has 0 aliphatic rings. The van der Waals surface area contributed by atoms with Gasteiger partial charge in [0.15, 0.2) is 0 Å². The molecule has 0 fully saturated rings. The Hall–Kier alpha value is -2.04. The Balaban J connectivity index is 2.21. The van der Waals surface area contributed by atoms with Crippen LogP contribution in [0.25, 0.3) is 0 Å². The summed E-state index contributed by atoms with van der Waals surface area (Å²) in [6.45, 7) is 1.69. The van der Waals surface area contributed by atoms with Crippen molar-refractivity contribution in [3.8, 4) is 0 Å². The standard InChI is InChI=1S/C13H11F3N2/c1-8(12-6-5-9(14)7-17-12)18-13-10(15)3-2-4-11(13)16/h2-8,18H,1H3. The fourth-order valence-electron chi connectivity index (χ4n) is 1.57. The summed E-state index contributed by atoms with van der Waals surface area (Å²) in [5.41, 5.74) is 0.287. The maximum absolute atomic E-state index is 13.4. The molecule has 1 atom stereocenters. The van der Waals surface area contributed by atoms with E-state index in [4.69, 9.17) is 0 Å². The van der Waals surface area contributed by atoms with Crippen LogP contribution in [0.4, 0.5) is 18.9 Å². The van der Waals surface area contributed by atoms with Crippen molar-refractivity contribution in [2.24, 2.45) is 0 Å². The van der Waals surface area contributed by atoms with Crippen LogP contribution in [0.2, 0.25) is 0 Å². The molecule has 1 aromatic carbocycles. The van der Waals surface area contributed by atoms with E-state index in [1.54, 1.807) is 6.92 Å². The summed E-state index contributed by atoms with van der Waals surface area (Å²) < 4.78 is 39.5. The van der Waals surface area contributed by atoms with E-state index >= 15 is 0 Å². The molecule has 2 aromatic rings. The third-order valence-electron chi connectivity index (χ3n) is 2.52. The van der Waals surface area contributed by atoms with Crippen molar-refractivity contribution in [1.82, 2.24) is 4.98 Å². The topological polar surface area (TPSA) is 24.9 Å². The summed E-state index contributed by atoms with van der Waals surface area (Å²) in [6, 6.07) is 5.89. The summed E-state index contributed by atoms with van der Waals surface area (Å²) in [7, 11) is 0. The van der Waals surface area contributed by atoms with Gasteiger partial charge in [-0.25, -0.2) is 13.2 Å². The second kappa shape index (κ2) is 5.08. The molecule has 18 heavy (non-hydrogen) atoms. The van der Waals surface area contributed by atoms with Crippen LogP contribution in [0.5, 0.6) is 0 Å². The molecule has 0 saturated carbocycles. The number of halogens is 3. The molecule has 94 valence electrons. The van der Waals surface area contributed by atoms with Gasteiger partial charge in [-0.3, -0.25) is 4.98 Å². The van der Waals surface area contributed by atoms with Crippen LogP contribution in [0.1, 0.15) is 18.7 Å². The van der Waals surface area contributed by atoms with Crippen molar-refractivity contribution in [3.05, 3.63) is 59.7 Å². The van der Waals surface area contributed by atoms with E-state index in [0.717, 1.165) is 18.3 Å². The normalized spacial score (nSPS) is 12.2. The predicted octanol–water partition coefficient (Wildman–Crippen LogP) is 3.67. The molecule has 0 amide bonds. The summed E-state index contributed by atoms with van der Waals surface area (Å²) in [6.07, 6.45) is 1.06. The molecule has 5 heteroatoms. The minimum absolute atomic E-state index is 0.212. The van der Waals surface area contributed by atoms with Crippen LogP contribution < -0.4 is 5.32 Å². The van der Waals surface area contributed by atoms with Gasteiger partial charge in [0.1, 0.15) is 23.1 Å². The molecule has 0 aliphatic heterocycles. The van der Waals surface area contributed by atoms with Crippen LogP contribution in [0.3, 0.4) is 0 Å². The lowest BCUT2D eigenvalue weighted by atomic mass is 10.2. The molecule has 0 bridgehead atoms. The number of nitrogens with one attached hydrogen (secondary N) is 1. The number of pyridine rings is 1. The molecule has 0 radical (unpaired) electrons. The lowest BCUT2D eigenvalue weighted by molar-refractivity contribution is 0.583. The van der Waals surface area contributed by atoms with Gasteiger partial charge in [0.25, 0.3) is 0 Å². The molecule has 0 saturated heterocycles. The SMILES string of the molecule is CC(Nc1c(F)cccc1F)c1ccc(F)cn1. The van der Waals surface area contributed by atoms with Gasteiger partial charge in [-0.15, -0.1) is 0 Å². The average molecular weight is 252 g/mol. The van der Waals surface area contributed by atoms with Crippen LogP contribution in [0, 0.1) is 17.5 Å². The minimum Gasteiger partial charge on any atom is -0.372 e. The Bertz CT molecular complexity index is 520. The lowest BCUT2D eigenvalue weighted by Crippen LogP contribution is -2.11. The average Bonchev–Trinajstić information content (AvgIpc) is 2.34. The number of benzene rings is 1. The highest BCUT2D eigenvalue weighted by atomic mass is 19.1. The Kier molecular flexibility index (Phi) is 3.50. The second-order valence-electron chi connectivity index (χ2n) is 3.86. The molecule has 1 heterocycles. The number of hydrogen-bond donors (Lipinski definition) is 1. The first-order valence-electron chi connectivity index (χ1n) is 5.40. The van der Waals surface area contributed by atoms with Crippen molar-refractivity contribution in [1.29, 1.82) is 0 Å². The van der Waals surface area contributed by atoms with Gasteiger partial charge in [-0.2, -0.15) is 0 Å². The smallest absolute Gasteiger partial charge is 0.149 e. The first-order chi connectivity index (χ1) is 8.58. The Labute approximate surface area is 102 Å². The summed E-state index contributed by atoms with van der Waals surface area (Å²) >= 11 is 0. The molecule has 2 nitrogen and oxygen atoms in total. The zero-order valence-corrected chi connectivity index (χ0v) is 9.62. The Morgan fingerprint density at radius 1 is 1.06 bits per heavy atom. The van der Waals surface area contributed by atoms with E-state index < -0.39 is 23.5 Å². The Morgan fingerprint density at radius 2 is 1.72 bits per heavy atom. The first kappa shape index (κ1) is 12.4. The highest BCUT2D eigenvalue weighted by Gasteiger charge is 2.13. The highest BCUT2D eigenvalue weighted by molar-refractivity contribution is 5.47. The van der Waals surface area contributed by atoms with Crippen molar-refractivity contribution in [3.63, 3.8) is 0 Å². The van der Waals surface area contributed by atoms with Crippen LogP contribution in [0.15, 0.2) is 36.5 Å². The predicted molar refractivity (Wildman–Crippen MR) is 62.6 cm³/mol. The van der Waals surface area contributed by atoms with Crippen molar-refractivity contribution in [2.75, 3.05) is 5.32 Å². The van der Waals surface area contributed by atoms with Crippen LogP contribution in [-0.4, -0.2) is 4.98 Å². The van der Waals surface area contributed by atoms with E-state index in [-0.39, 0.29) is 5.69 Å². The first-order valence-corrected chi connectivity index (χ1v) is 5.40. The van der Waals surface area contributed by atoms with Gasteiger partial charge in [0, 0.05) is 0 Å². The van der Waals surface area contributed by atoms with Crippen LogP contribution >= 0.6 is 0 Å². The molecular weight excluding hydrogens is 241 g/mol. The Morgan fingerprint density at radius 3 is 2.28 bits per heavy atom. The highest BCUT2D eigenvalue weighted by Crippen LogP contribution is 2.23. The fourth-order valence-corrected chi connectivity index (χ4v) is 1.57. The quantitative estimate of drug-likeness (QED) is 0.901. The zero-order chi connectivity index (χ0) is 13.1. The second-order valence-corrected chi connectivity index (χ2v) is 3.86. The van der Waals surface area contributed by atoms with Crippen molar-refractivity contribution >= 4 is 5.69 Å². The van der Waals surface area contributed by atoms with Gasteiger partial charge >= 0.3 is 0 Å². The third kappa shape index (κ3) is 2.61. The monoisotopic (exact) mass is 252 g/mol. The van der Waals surface area contributed by atoms with E-state index in [1.165, 1.54) is 18.2 Å². The molecule has 1 N–H and O–H groups in total. The number of rotatable bonds is 3. The van der Waals surface area contributed by atoms with E-state index in [2.05, 4.69) is 10.3 Å². The molecule has 1 aromatic heterocycles. The number of anilines is 1. The summed E-state index contributed by atoms with van der Waals surface area (Å²) in [5, 5.41) is 2.68. The molecule has 1 unspecified atom stereocenters. The van der Waals surface area contributed by atoms with Crippen molar-refractivity contribution in [2.45, 2.75) is 13.0 Å². The zero-order valence-electron chi connectivity index (χ0n) is 9.62. The largest absolute Gasteiger partial charge is 0.372 e. The van der Waals surface area contributed by atoms with E-state index in [9.17, 15) is 13.2 Å². The number of aromatic nitrogens is 1. The molecule has 0 spiro atoms. The molecule has 0 aliphatic carbocycles. The lowest BCUT2D eigenvalue weighted by Gasteiger charge is -2.15. The van der Waals surface area contributed by atoms with Gasteiger partial charge < -0.3 is 5.32 Å². The van der Waals surface area contributed by atoms with E-state index in [0.29, 0.717) is 5.69 Å². The van der Waals surface area contributed by atoms with Crippen molar-refractivity contribution < 1.29 is 13.2 Å². The maximum Gasteiger partial charge on any atom is 0.149 e. The number of hydrogen-bond acceptors (Lipinski definition) is 2. The summed E-state index contributed by atoms with van der Waals surface area (Å²) in [5.74, 6) is -1.81. The fraction of sp³-hybridized carbons (Fsp3) is 0.154. The molecule has 2 rings (SSSR count). The van der Waals surface area contributed by atoms with Gasteiger partial charge in [-0.05, 0) is 31.2 Å². The third-order valence-corrected chi connectivity index (χ3v) is 2.52. The van der Waals surface area contributed by atoms with Gasteiger partial charge in [0.2, 0.25) is 0 Å². The number of para-hydroxylation sites is 1. The van der Waals surface area contributed by atoms with Crippen LogP contribution in [-0.2, 0) is 0 Å². The van der Waals surface area contributed by atoms with Gasteiger partial charge in [0.05, 0.1) is 17.9 Å². The van der Waals surface area contributed by atoms with E-state index in [1.807, 2.05) is 0 Å².